The monoisotopic (exact) mass is 208 g/mol. The fourth-order valence-corrected chi connectivity index (χ4v) is 1.95. The van der Waals surface area contributed by atoms with Crippen LogP contribution in [0.25, 0.3) is 0 Å². The van der Waals surface area contributed by atoms with Crippen molar-refractivity contribution >= 4 is 17.4 Å². The van der Waals surface area contributed by atoms with Crippen LogP contribution in [0.4, 0.5) is 6.01 Å². The normalized spacial score (nSPS) is 10.4. The number of aryl methyl sites for hydroxylation is 2. The van der Waals surface area contributed by atoms with E-state index in [4.69, 9.17) is 4.42 Å². The third kappa shape index (κ3) is 2.14. The summed E-state index contributed by atoms with van der Waals surface area (Å²) in [6.45, 7) is 0. The average Bonchev–Trinajstić information content (AvgIpc) is 2.86. The molecule has 0 atom stereocenters. The molecule has 14 heavy (non-hydrogen) atoms. The maximum Gasteiger partial charge on any atom is 0.294 e. The second-order valence-electron chi connectivity index (χ2n) is 2.96. The SMILES string of the molecule is CNc1ncc(CCc2cccs2)o1. The Morgan fingerprint density at radius 2 is 2.43 bits per heavy atom. The minimum atomic E-state index is 0.589. The number of hydrogen-bond donors (Lipinski definition) is 1. The first-order valence-corrected chi connectivity index (χ1v) is 5.41. The van der Waals surface area contributed by atoms with Crippen LogP contribution in [0.2, 0.25) is 0 Å². The summed E-state index contributed by atoms with van der Waals surface area (Å²) in [6.07, 6.45) is 3.71. The van der Waals surface area contributed by atoms with E-state index in [0.717, 1.165) is 18.6 Å². The highest BCUT2D eigenvalue weighted by Gasteiger charge is 2.02. The van der Waals surface area contributed by atoms with Crippen LogP contribution in [0.3, 0.4) is 0 Å². The second kappa shape index (κ2) is 4.28. The van der Waals surface area contributed by atoms with Crippen molar-refractivity contribution in [3.63, 3.8) is 0 Å². The van der Waals surface area contributed by atoms with Crippen LogP contribution in [0, 0.1) is 0 Å². The molecule has 2 aromatic rings. The smallest absolute Gasteiger partial charge is 0.294 e. The fourth-order valence-electron chi connectivity index (χ4n) is 1.24. The molecule has 0 bridgehead atoms. The molecule has 0 aliphatic heterocycles. The van der Waals surface area contributed by atoms with Crippen LogP contribution >= 0.6 is 11.3 Å². The molecule has 74 valence electrons. The van der Waals surface area contributed by atoms with Crippen LogP contribution in [0.5, 0.6) is 0 Å². The Bertz CT molecular complexity index is 380. The molecule has 2 heterocycles. The van der Waals surface area contributed by atoms with E-state index < -0.39 is 0 Å². The molecule has 0 radical (unpaired) electrons. The summed E-state index contributed by atoms with van der Waals surface area (Å²) in [5.74, 6) is 0.933. The van der Waals surface area contributed by atoms with Gasteiger partial charge in [-0.15, -0.1) is 11.3 Å². The Labute approximate surface area is 86.8 Å². The molecule has 0 fully saturated rings. The summed E-state index contributed by atoms with van der Waals surface area (Å²) in [4.78, 5) is 5.44. The maximum absolute atomic E-state index is 5.41. The van der Waals surface area contributed by atoms with Crippen molar-refractivity contribution in [2.24, 2.45) is 0 Å². The minimum Gasteiger partial charge on any atom is -0.429 e. The van der Waals surface area contributed by atoms with Crippen molar-refractivity contribution < 1.29 is 4.42 Å². The highest BCUT2D eigenvalue weighted by Crippen LogP contribution is 2.14. The lowest BCUT2D eigenvalue weighted by Gasteiger charge is -1.93. The number of rotatable bonds is 4. The van der Waals surface area contributed by atoms with E-state index in [2.05, 4.69) is 27.8 Å². The average molecular weight is 208 g/mol. The lowest BCUT2D eigenvalue weighted by molar-refractivity contribution is 0.519. The molecule has 0 aromatic carbocycles. The summed E-state index contributed by atoms with van der Waals surface area (Å²) < 4.78 is 5.41. The molecule has 2 rings (SSSR count). The molecular weight excluding hydrogens is 196 g/mol. The van der Waals surface area contributed by atoms with Gasteiger partial charge >= 0.3 is 0 Å². The Kier molecular flexibility index (Phi) is 2.84. The summed E-state index contributed by atoms with van der Waals surface area (Å²) in [5.41, 5.74) is 0. The molecule has 0 saturated carbocycles. The van der Waals surface area contributed by atoms with Gasteiger partial charge in [-0.1, -0.05) is 6.07 Å². The van der Waals surface area contributed by atoms with Gasteiger partial charge in [-0.2, -0.15) is 0 Å². The van der Waals surface area contributed by atoms with E-state index in [9.17, 15) is 0 Å². The molecule has 4 heteroatoms. The molecule has 0 amide bonds. The standard InChI is InChI=1S/C10H12N2OS/c1-11-10-12-7-8(13-10)4-5-9-3-2-6-14-9/h2-3,6-7H,4-5H2,1H3,(H,11,12). The topological polar surface area (TPSA) is 38.1 Å². The van der Waals surface area contributed by atoms with Crippen LogP contribution in [0.15, 0.2) is 28.1 Å². The highest BCUT2D eigenvalue weighted by atomic mass is 32.1. The van der Waals surface area contributed by atoms with E-state index in [1.165, 1.54) is 4.88 Å². The van der Waals surface area contributed by atoms with Crippen LogP contribution in [-0.4, -0.2) is 12.0 Å². The number of thiophene rings is 1. The Hall–Kier alpha value is -1.29. The predicted octanol–water partition coefficient (Wildman–Crippen LogP) is 2.56. The molecule has 0 aliphatic carbocycles. The van der Waals surface area contributed by atoms with Gasteiger partial charge in [-0.05, 0) is 17.9 Å². The third-order valence-corrected chi connectivity index (χ3v) is 2.90. The van der Waals surface area contributed by atoms with Gasteiger partial charge in [0.2, 0.25) is 0 Å². The first kappa shape index (κ1) is 9.27. The van der Waals surface area contributed by atoms with Gasteiger partial charge in [0.15, 0.2) is 0 Å². The van der Waals surface area contributed by atoms with Gasteiger partial charge in [0.1, 0.15) is 5.76 Å². The van der Waals surface area contributed by atoms with E-state index in [1.54, 1.807) is 24.6 Å². The van der Waals surface area contributed by atoms with Crippen molar-refractivity contribution in [1.29, 1.82) is 0 Å². The summed E-state index contributed by atoms with van der Waals surface area (Å²) >= 11 is 1.78. The summed E-state index contributed by atoms with van der Waals surface area (Å²) in [5, 5.41) is 4.96. The first-order chi connectivity index (χ1) is 6.88. The number of oxazole rings is 1. The minimum absolute atomic E-state index is 0.589. The molecule has 0 saturated heterocycles. The predicted molar refractivity (Wildman–Crippen MR) is 57.8 cm³/mol. The summed E-state index contributed by atoms with van der Waals surface area (Å²) in [7, 11) is 1.80. The van der Waals surface area contributed by atoms with E-state index in [1.807, 2.05) is 0 Å². The van der Waals surface area contributed by atoms with E-state index in [-0.39, 0.29) is 0 Å². The second-order valence-corrected chi connectivity index (χ2v) is 3.99. The molecule has 1 N–H and O–H groups in total. The fraction of sp³-hybridized carbons (Fsp3) is 0.300. The lowest BCUT2D eigenvalue weighted by Crippen LogP contribution is -1.86. The third-order valence-electron chi connectivity index (χ3n) is 1.97. The number of hydrogen-bond acceptors (Lipinski definition) is 4. The first-order valence-electron chi connectivity index (χ1n) is 4.53. The zero-order valence-electron chi connectivity index (χ0n) is 7.99. The molecular formula is C10H12N2OS. The van der Waals surface area contributed by atoms with Crippen molar-refractivity contribution in [1.82, 2.24) is 4.98 Å². The molecule has 0 aliphatic rings. The van der Waals surface area contributed by atoms with E-state index in [0.29, 0.717) is 6.01 Å². The van der Waals surface area contributed by atoms with Gasteiger partial charge < -0.3 is 9.73 Å². The van der Waals surface area contributed by atoms with Crippen molar-refractivity contribution in [3.8, 4) is 0 Å². The van der Waals surface area contributed by atoms with Gasteiger partial charge in [-0.25, -0.2) is 4.98 Å². The Morgan fingerprint density at radius 1 is 1.50 bits per heavy atom. The lowest BCUT2D eigenvalue weighted by atomic mass is 10.2. The van der Waals surface area contributed by atoms with Gasteiger partial charge in [0.25, 0.3) is 6.01 Å². The zero-order valence-corrected chi connectivity index (χ0v) is 8.80. The largest absolute Gasteiger partial charge is 0.429 e. The Balaban J connectivity index is 1.92. The Morgan fingerprint density at radius 3 is 3.07 bits per heavy atom. The number of nitrogens with zero attached hydrogens (tertiary/aromatic N) is 1. The molecule has 0 unspecified atom stereocenters. The summed E-state index contributed by atoms with van der Waals surface area (Å²) in [6, 6.07) is 4.80. The van der Waals surface area contributed by atoms with Crippen molar-refractivity contribution in [2.75, 3.05) is 12.4 Å². The quantitative estimate of drug-likeness (QED) is 0.839. The van der Waals surface area contributed by atoms with Gasteiger partial charge in [0.05, 0.1) is 6.20 Å². The van der Waals surface area contributed by atoms with E-state index >= 15 is 0 Å². The number of aromatic nitrogens is 1. The van der Waals surface area contributed by atoms with Crippen molar-refractivity contribution in [3.05, 3.63) is 34.3 Å². The van der Waals surface area contributed by atoms with Crippen LogP contribution < -0.4 is 5.32 Å². The zero-order chi connectivity index (χ0) is 9.80. The van der Waals surface area contributed by atoms with Crippen LogP contribution in [0.1, 0.15) is 10.6 Å². The molecule has 2 aromatic heterocycles. The number of nitrogens with one attached hydrogen (secondary N) is 1. The highest BCUT2D eigenvalue weighted by molar-refractivity contribution is 7.09. The molecule has 3 nitrogen and oxygen atoms in total. The van der Waals surface area contributed by atoms with Crippen molar-refractivity contribution in [2.45, 2.75) is 12.8 Å². The number of anilines is 1. The van der Waals surface area contributed by atoms with Gasteiger partial charge in [-0.3, -0.25) is 0 Å². The van der Waals surface area contributed by atoms with Gasteiger partial charge in [0, 0.05) is 18.3 Å². The molecule has 0 spiro atoms. The maximum atomic E-state index is 5.41. The van der Waals surface area contributed by atoms with Crippen LogP contribution in [-0.2, 0) is 12.8 Å².